The quantitative estimate of drug-likeness (QED) is 0.586. The molecule has 1 aliphatic carbocycles. The van der Waals surface area contributed by atoms with Gasteiger partial charge >= 0.3 is 12.1 Å². The number of nitrogens with zero attached hydrogens (tertiary/aromatic N) is 2. The molecule has 0 N–H and O–H groups in total. The monoisotopic (exact) mass is 336 g/mol. The number of hydrogen-bond acceptors (Lipinski definition) is 4. The Bertz CT molecular complexity index is 499. The summed E-state index contributed by atoms with van der Waals surface area (Å²) in [4.78, 5) is 22.6. The van der Waals surface area contributed by atoms with E-state index in [1.54, 1.807) is 6.08 Å². The van der Waals surface area contributed by atoms with Gasteiger partial charge in [-0.1, -0.05) is 0 Å². The first-order chi connectivity index (χ1) is 10.7. The summed E-state index contributed by atoms with van der Waals surface area (Å²) in [5, 5.41) is 10.9. The van der Waals surface area contributed by atoms with E-state index in [2.05, 4.69) is 0 Å². The molecule has 0 aromatic rings. The van der Waals surface area contributed by atoms with Gasteiger partial charge < -0.3 is 9.64 Å². The molecule has 2 aliphatic rings. The van der Waals surface area contributed by atoms with Crippen LogP contribution in [0.1, 0.15) is 25.7 Å². The maximum absolute atomic E-state index is 12.4. The number of allylic oxidation sites excluding steroid dienone is 1. The number of methoxy groups -OCH3 is 1. The molecule has 1 heterocycles. The summed E-state index contributed by atoms with van der Waals surface area (Å²) in [6, 6.07) is 0. The van der Waals surface area contributed by atoms with Gasteiger partial charge in [-0.25, -0.2) is 0 Å². The van der Waals surface area contributed by atoms with Gasteiger partial charge in [-0.15, -0.1) is 0 Å². The van der Waals surface area contributed by atoms with Gasteiger partial charge in [0.05, 0.1) is 11.0 Å². The SMILES string of the molecule is COC1CCC([N+](=O)[O-])=CC1C1CCN(C(=O)C(F)(F)F)CC1. The largest absolute Gasteiger partial charge is 0.471 e. The average Bonchev–Trinajstić information content (AvgIpc) is 2.52. The molecule has 1 saturated heterocycles. The molecule has 6 nitrogen and oxygen atoms in total. The molecular weight excluding hydrogens is 317 g/mol. The van der Waals surface area contributed by atoms with Gasteiger partial charge in [-0.05, 0) is 31.3 Å². The van der Waals surface area contributed by atoms with Gasteiger partial charge in [0.2, 0.25) is 5.70 Å². The molecule has 0 saturated carbocycles. The molecule has 9 heteroatoms. The lowest BCUT2D eigenvalue weighted by Gasteiger charge is -2.38. The van der Waals surface area contributed by atoms with Crippen LogP contribution in [-0.2, 0) is 9.53 Å². The van der Waals surface area contributed by atoms with Crippen molar-refractivity contribution in [2.45, 2.75) is 38.0 Å². The number of piperidine rings is 1. The number of nitro groups is 1. The third-order valence-electron chi connectivity index (χ3n) is 4.65. The van der Waals surface area contributed by atoms with Crippen molar-refractivity contribution in [1.29, 1.82) is 0 Å². The molecule has 0 bridgehead atoms. The minimum Gasteiger partial charge on any atom is -0.381 e. The number of alkyl halides is 3. The fourth-order valence-corrected chi connectivity index (χ4v) is 3.43. The highest BCUT2D eigenvalue weighted by molar-refractivity contribution is 5.81. The van der Waals surface area contributed by atoms with Crippen molar-refractivity contribution in [3.8, 4) is 0 Å². The number of rotatable bonds is 3. The van der Waals surface area contributed by atoms with Gasteiger partial charge in [0, 0.05) is 32.5 Å². The molecule has 0 spiro atoms. The Morgan fingerprint density at radius 1 is 1.35 bits per heavy atom. The van der Waals surface area contributed by atoms with Crippen molar-refractivity contribution in [1.82, 2.24) is 4.90 Å². The van der Waals surface area contributed by atoms with Crippen LogP contribution in [0.5, 0.6) is 0 Å². The van der Waals surface area contributed by atoms with E-state index in [1.807, 2.05) is 0 Å². The Morgan fingerprint density at radius 2 is 1.96 bits per heavy atom. The van der Waals surface area contributed by atoms with Gasteiger partial charge in [0.1, 0.15) is 0 Å². The van der Waals surface area contributed by atoms with Crippen LogP contribution in [0, 0.1) is 22.0 Å². The number of carbonyl (C=O) groups is 1. The zero-order valence-corrected chi connectivity index (χ0v) is 12.7. The molecule has 1 fully saturated rings. The first-order valence-electron chi connectivity index (χ1n) is 7.48. The minimum absolute atomic E-state index is 0.0115. The van der Waals surface area contributed by atoms with E-state index in [4.69, 9.17) is 4.74 Å². The van der Waals surface area contributed by atoms with Crippen molar-refractivity contribution in [2.24, 2.45) is 11.8 Å². The predicted molar refractivity (Wildman–Crippen MR) is 74.0 cm³/mol. The molecule has 1 aliphatic heterocycles. The van der Waals surface area contributed by atoms with Gasteiger partial charge in [0.15, 0.2) is 0 Å². The van der Waals surface area contributed by atoms with E-state index in [1.165, 1.54) is 7.11 Å². The summed E-state index contributed by atoms with van der Waals surface area (Å²) in [6.07, 6.45) is -1.83. The first kappa shape index (κ1) is 17.7. The molecular formula is C14H19F3N2O4. The van der Waals surface area contributed by atoms with E-state index in [0.29, 0.717) is 25.7 Å². The second-order valence-corrected chi connectivity index (χ2v) is 5.93. The number of amides is 1. The first-order valence-corrected chi connectivity index (χ1v) is 7.48. The van der Waals surface area contributed by atoms with Crippen LogP contribution in [-0.4, -0.2) is 48.2 Å². The molecule has 1 amide bonds. The highest BCUT2D eigenvalue weighted by Crippen LogP contribution is 2.36. The van der Waals surface area contributed by atoms with Crippen molar-refractivity contribution >= 4 is 5.91 Å². The third kappa shape index (κ3) is 4.01. The second-order valence-electron chi connectivity index (χ2n) is 5.93. The molecule has 2 atom stereocenters. The molecule has 0 aromatic heterocycles. The van der Waals surface area contributed by atoms with E-state index in [0.717, 1.165) is 4.90 Å². The summed E-state index contributed by atoms with van der Waals surface area (Å²) < 4.78 is 42.7. The van der Waals surface area contributed by atoms with Crippen molar-refractivity contribution in [2.75, 3.05) is 20.2 Å². The van der Waals surface area contributed by atoms with Gasteiger partial charge in [0.25, 0.3) is 0 Å². The number of likely N-dealkylation sites (tertiary alicyclic amines) is 1. The topological polar surface area (TPSA) is 72.7 Å². The fourth-order valence-electron chi connectivity index (χ4n) is 3.43. The molecule has 0 radical (unpaired) electrons. The Morgan fingerprint density at radius 3 is 2.43 bits per heavy atom. The smallest absolute Gasteiger partial charge is 0.381 e. The Balaban J connectivity index is 2.04. The van der Waals surface area contributed by atoms with Crippen LogP contribution in [0.3, 0.4) is 0 Å². The Kier molecular flexibility index (Phi) is 5.28. The van der Waals surface area contributed by atoms with Crippen molar-refractivity contribution < 1.29 is 27.6 Å². The van der Waals surface area contributed by atoms with E-state index in [9.17, 15) is 28.1 Å². The number of carbonyl (C=O) groups excluding carboxylic acids is 1. The molecule has 23 heavy (non-hydrogen) atoms. The fraction of sp³-hybridized carbons (Fsp3) is 0.786. The van der Waals surface area contributed by atoms with E-state index < -0.39 is 17.0 Å². The lowest BCUT2D eigenvalue weighted by atomic mass is 9.76. The van der Waals surface area contributed by atoms with E-state index in [-0.39, 0.29) is 36.7 Å². The average molecular weight is 336 g/mol. The van der Waals surface area contributed by atoms with Crippen molar-refractivity contribution in [3.05, 3.63) is 21.9 Å². The molecule has 0 aromatic carbocycles. The number of ether oxygens (including phenoxy) is 1. The maximum Gasteiger partial charge on any atom is 0.471 e. The van der Waals surface area contributed by atoms with Crippen LogP contribution in [0.25, 0.3) is 0 Å². The zero-order valence-electron chi connectivity index (χ0n) is 12.7. The maximum atomic E-state index is 12.4. The number of halogens is 3. The van der Waals surface area contributed by atoms with Crippen LogP contribution in [0.2, 0.25) is 0 Å². The summed E-state index contributed by atoms with van der Waals surface area (Å²) >= 11 is 0. The third-order valence-corrected chi connectivity index (χ3v) is 4.65. The lowest BCUT2D eigenvalue weighted by molar-refractivity contribution is -0.430. The van der Waals surface area contributed by atoms with Crippen LogP contribution >= 0.6 is 0 Å². The van der Waals surface area contributed by atoms with E-state index >= 15 is 0 Å². The Labute approximate surface area is 131 Å². The summed E-state index contributed by atoms with van der Waals surface area (Å²) in [5.41, 5.74) is 0.136. The zero-order chi connectivity index (χ0) is 17.2. The number of hydrogen-bond donors (Lipinski definition) is 0. The molecule has 2 unspecified atom stereocenters. The summed E-state index contributed by atoms with van der Waals surface area (Å²) in [6.45, 7) is 0.0230. The highest BCUT2D eigenvalue weighted by atomic mass is 19.4. The van der Waals surface area contributed by atoms with Gasteiger partial charge in [-0.3, -0.25) is 14.9 Å². The second kappa shape index (κ2) is 6.86. The summed E-state index contributed by atoms with van der Waals surface area (Å²) in [5.74, 6) is -2.03. The van der Waals surface area contributed by atoms with Crippen LogP contribution in [0.15, 0.2) is 11.8 Å². The summed E-state index contributed by atoms with van der Waals surface area (Å²) in [7, 11) is 1.53. The Hall–Kier alpha value is -1.64. The van der Waals surface area contributed by atoms with Crippen LogP contribution < -0.4 is 0 Å². The van der Waals surface area contributed by atoms with Gasteiger partial charge in [-0.2, -0.15) is 13.2 Å². The predicted octanol–water partition coefficient (Wildman–Crippen LogP) is 2.37. The molecule has 130 valence electrons. The van der Waals surface area contributed by atoms with Crippen LogP contribution in [0.4, 0.5) is 13.2 Å². The highest BCUT2D eigenvalue weighted by Gasteiger charge is 2.44. The molecule has 2 rings (SSSR count). The minimum atomic E-state index is -4.86. The normalized spacial score (nSPS) is 26.8. The standard InChI is InChI=1S/C14H19F3N2O4/c1-23-12-3-2-10(19(21)22)8-11(12)9-4-6-18(7-5-9)13(20)14(15,16)17/h8-9,11-12H,2-7H2,1H3. The van der Waals surface area contributed by atoms with Crippen molar-refractivity contribution in [3.63, 3.8) is 0 Å². The lowest BCUT2D eigenvalue weighted by Crippen LogP contribution is -2.47.